The van der Waals surface area contributed by atoms with Crippen LogP contribution in [0, 0.1) is 11.3 Å². The Morgan fingerprint density at radius 3 is 2.89 bits per heavy atom. The number of carbonyl (C=O) groups excluding carboxylic acids is 1. The van der Waals surface area contributed by atoms with Crippen molar-refractivity contribution in [1.82, 2.24) is 0 Å². The summed E-state index contributed by atoms with van der Waals surface area (Å²) in [6.45, 7) is 2.50. The topological polar surface area (TPSA) is 85.3 Å². The molecule has 0 aliphatic rings. The zero-order chi connectivity index (χ0) is 14.1. The number of benzene rings is 1. The summed E-state index contributed by atoms with van der Waals surface area (Å²) < 4.78 is 10.5. The number of nitrogens with two attached hydrogens (primary N) is 1. The number of anilines is 1. The summed E-state index contributed by atoms with van der Waals surface area (Å²) in [6, 6.07) is 6.91. The van der Waals surface area contributed by atoms with Crippen molar-refractivity contribution in [2.24, 2.45) is 0 Å². The highest BCUT2D eigenvalue weighted by molar-refractivity contribution is 5.93. The van der Waals surface area contributed by atoms with Crippen LogP contribution in [-0.4, -0.2) is 19.2 Å². The summed E-state index contributed by atoms with van der Waals surface area (Å²) in [5.41, 5.74) is 6.58. The number of nitrogens with zero attached hydrogens (tertiary/aromatic N) is 1. The van der Waals surface area contributed by atoms with Crippen LogP contribution in [0.3, 0.4) is 0 Å². The molecular weight excluding hydrogens is 244 g/mol. The second kappa shape index (κ2) is 7.98. The van der Waals surface area contributed by atoms with Crippen LogP contribution in [0.1, 0.15) is 36.5 Å². The zero-order valence-corrected chi connectivity index (χ0v) is 11.0. The fourth-order valence-corrected chi connectivity index (χ4v) is 1.52. The minimum atomic E-state index is -0.422. The predicted molar refractivity (Wildman–Crippen MR) is 71.8 cm³/mol. The molecule has 0 unspecified atom stereocenters. The van der Waals surface area contributed by atoms with Crippen LogP contribution < -0.4 is 10.5 Å². The smallest absolute Gasteiger partial charge is 0.341 e. The van der Waals surface area contributed by atoms with Crippen LogP contribution in [0.25, 0.3) is 0 Å². The Labute approximate surface area is 112 Å². The molecule has 0 bridgehead atoms. The normalized spacial score (nSPS) is 9.68. The lowest BCUT2D eigenvalue weighted by molar-refractivity contribution is 0.0521. The summed E-state index contributed by atoms with van der Waals surface area (Å²) in [5, 5.41) is 8.43. The lowest BCUT2D eigenvalue weighted by atomic mass is 10.2. The molecule has 102 valence electrons. The fraction of sp³-hybridized carbons (Fsp3) is 0.429. The van der Waals surface area contributed by atoms with E-state index in [0.29, 0.717) is 36.6 Å². The van der Waals surface area contributed by atoms with E-state index in [4.69, 9.17) is 20.5 Å². The van der Waals surface area contributed by atoms with E-state index in [1.807, 2.05) is 0 Å². The molecule has 0 spiro atoms. The van der Waals surface area contributed by atoms with Gasteiger partial charge in [0.05, 0.1) is 19.3 Å². The minimum absolute atomic E-state index is 0.310. The minimum Gasteiger partial charge on any atom is -0.493 e. The molecule has 0 radical (unpaired) electrons. The highest BCUT2D eigenvalue weighted by Crippen LogP contribution is 2.23. The maximum absolute atomic E-state index is 11.7. The standard InChI is InChI=1S/C14H18N2O3/c1-2-18-14(17)12-7-6-11(16)10-13(12)19-9-5-3-4-8-15/h6-7,10H,2-5,9,16H2,1H3. The molecular formula is C14H18N2O3. The Hall–Kier alpha value is -2.22. The predicted octanol–water partition coefficient (Wildman–Crippen LogP) is 2.52. The first-order chi connectivity index (χ1) is 9.19. The van der Waals surface area contributed by atoms with Gasteiger partial charge in [-0.1, -0.05) is 0 Å². The summed E-state index contributed by atoms with van der Waals surface area (Å²) >= 11 is 0. The van der Waals surface area contributed by atoms with Crippen molar-refractivity contribution >= 4 is 11.7 Å². The summed E-state index contributed by atoms with van der Waals surface area (Å²) in [5.74, 6) is 0.00457. The van der Waals surface area contributed by atoms with E-state index in [1.165, 1.54) is 0 Å². The molecule has 2 N–H and O–H groups in total. The molecule has 19 heavy (non-hydrogen) atoms. The number of nitriles is 1. The maximum atomic E-state index is 11.7. The maximum Gasteiger partial charge on any atom is 0.341 e. The van der Waals surface area contributed by atoms with Gasteiger partial charge in [0.1, 0.15) is 11.3 Å². The SMILES string of the molecule is CCOC(=O)c1ccc(N)cc1OCCCCC#N. The first kappa shape index (κ1) is 14.8. The Bertz CT molecular complexity index is 466. The molecule has 0 aromatic heterocycles. The van der Waals surface area contributed by atoms with Crippen molar-refractivity contribution in [3.8, 4) is 11.8 Å². The molecule has 0 aliphatic carbocycles. The number of unbranched alkanes of at least 4 members (excludes halogenated alkanes) is 2. The molecule has 0 saturated carbocycles. The van der Waals surface area contributed by atoms with Crippen LogP contribution in [0.5, 0.6) is 5.75 Å². The quantitative estimate of drug-likeness (QED) is 0.463. The second-order valence-electron chi connectivity index (χ2n) is 3.94. The molecule has 0 amide bonds. The number of ether oxygens (including phenoxy) is 2. The number of carbonyl (C=O) groups is 1. The molecule has 1 rings (SSSR count). The molecule has 1 aromatic carbocycles. The third-order valence-corrected chi connectivity index (χ3v) is 2.44. The van der Waals surface area contributed by atoms with Crippen molar-refractivity contribution in [1.29, 1.82) is 5.26 Å². The van der Waals surface area contributed by atoms with Crippen LogP contribution in [0.4, 0.5) is 5.69 Å². The van der Waals surface area contributed by atoms with Gasteiger partial charge in [-0.3, -0.25) is 0 Å². The van der Waals surface area contributed by atoms with Crippen LogP contribution in [0.2, 0.25) is 0 Å². The first-order valence-corrected chi connectivity index (χ1v) is 6.25. The van der Waals surface area contributed by atoms with Gasteiger partial charge in [-0.15, -0.1) is 0 Å². The van der Waals surface area contributed by atoms with E-state index in [-0.39, 0.29) is 0 Å². The lowest BCUT2D eigenvalue weighted by Gasteiger charge is -2.11. The molecule has 0 atom stereocenters. The van der Waals surface area contributed by atoms with Crippen molar-refractivity contribution in [3.05, 3.63) is 23.8 Å². The Kier molecular flexibility index (Phi) is 6.23. The molecule has 5 heteroatoms. The van der Waals surface area contributed by atoms with Gasteiger partial charge in [-0.25, -0.2) is 4.79 Å². The van der Waals surface area contributed by atoms with Gasteiger partial charge in [-0.2, -0.15) is 5.26 Å². The first-order valence-electron chi connectivity index (χ1n) is 6.25. The van der Waals surface area contributed by atoms with E-state index in [9.17, 15) is 4.79 Å². The van der Waals surface area contributed by atoms with Crippen LogP contribution in [-0.2, 0) is 4.74 Å². The van der Waals surface area contributed by atoms with E-state index in [2.05, 4.69) is 6.07 Å². The largest absolute Gasteiger partial charge is 0.493 e. The summed E-state index contributed by atoms with van der Waals surface area (Å²) in [6.07, 6.45) is 2.03. The number of nitrogen functional groups attached to an aromatic ring is 1. The molecule has 0 saturated heterocycles. The van der Waals surface area contributed by atoms with Gasteiger partial charge >= 0.3 is 5.97 Å². The number of rotatable bonds is 7. The highest BCUT2D eigenvalue weighted by atomic mass is 16.5. The third-order valence-electron chi connectivity index (χ3n) is 2.44. The fourth-order valence-electron chi connectivity index (χ4n) is 1.52. The molecule has 0 aliphatic heterocycles. The van der Waals surface area contributed by atoms with Gasteiger partial charge in [-0.05, 0) is 31.9 Å². The number of hydrogen-bond acceptors (Lipinski definition) is 5. The van der Waals surface area contributed by atoms with Crippen molar-refractivity contribution in [2.75, 3.05) is 18.9 Å². The lowest BCUT2D eigenvalue weighted by Crippen LogP contribution is -2.09. The van der Waals surface area contributed by atoms with Gasteiger partial charge in [0.2, 0.25) is 0 Å². The average Bonchev–Trinajstić information content (AvgIpc) is 2.39. The van der Waals surface area contributed by atoms with E-state index < -0.39 is 5.97 Å². The van der Waals surface area contributed by atoms with E-state index in [1.54, 1.807) is 25.1 Å². The Balaban J connectivity index is 2.66. The highest BCUT2D eigenvalue weighted by Gasteiger charge is 2.13. The zero-order valence-electron chi connectivity index (χ0n) is 11.0. The average molecular weight is 262 g/mol. The van der Waals surface area contributed by atoms with Gasteiger partial charge < -0.3 is 15.2 Å². The van der Waals surface area contributed by atoms with Crippen molar-refractivity contribution in [3.63, 3.8) is 0 Å². The van der Waals surface area contributed by atoms with Crippen molar-refractivity contribution < 1.29 is 14.3 Å². The second-order valence-corrected chi connectivity index (χ2v) is 3.94. The molecule has 5 nitrogen and oxygen atoms in total. The third kappa shape index (κ3) is 4.88. The summed E-state index contributed by atoms with van der Waals surface area (Å²) in [4.78, 5) is 11.7. The van der Waals surface area contributed by atoms with Gasteiger partial charge in [0.25, 0.3) is 0 Å². The van der Waals surface area contributed by atoms with E-state index >= 15 is 0 Å². The number of hydrogen-bond donors (Lipinski definition) is 1. The molecule has 0 fully saturated rings. The van der Waals surface area contributed by atoms with Gasteiger partial charge in [0, 0.05) is 18.2 Å². The summed E-state index contributed by atoms with van der Waals surface area (Å²) in [7, 11) is 0. The Morgan fingerprint density at radius 2 is 2.21 bits per heavy atom. The molecule has 0 heterocycles. The van der Waals surface area contributed by atoms with Crippen LogP contribution in [0.15, 0.2) is 18.2 Å². The number of esters is 1. The monoisotopic (exact) mass is 262 g/mol. The van der Waals surface area contributed by atoms with Crippen molar-refractivity contribution in [2.45, 2.75) is 26.2 Å². The molecule has 1 aromatic rings. The Morgan fingerprint density at radius 1 is 1.42 bits per heavy atom. The van der Waals surface area contributed by atoms with Crippen LogP contribution >= 0.6 is 0 Å². The van der Waals surface area contributed by atoms with E-state index in [0.717, 1.165) is 12.8 Å². The van der Waals surface area contributed by atoms with Gasteiger partial charge in [0.15, 0.2) is 0 Å².